The lowest BCUT2D eigenvalue weighted by Gasteiger charge is -2.43. The van der Waals surface area contributed by atoms with E-state index in [1.807, 2.05) is 43.3 Å². The maximum Gasteiger partial charge on any atom is 0.181 e. The van der Waals surface area contributed by atoms with Gasteiger partial charge in [0.1, 0.15) is 5.54 Å². The number of likely N-dealkylation sites (N-methyl/N-ethyl adjacent to an activating group) is 1. The van der Waals surface area contributed by atoms with Crippen LogP contribution >= 0.6 is 15.9 Å². The van der Waals surface area contributed by atoms with Crippen molar-refractivity contribution in [1.29, 1.82) is 0 Å². The minimum absolute atomic E-state index is 0.111. The van der Waals surface area contributed by atoms with Gasteiger partial charge in [0.25, 0.3) is 0 Å². The molecule has 0 aromatic heterocycles. The number of halogens is 1. The molecule has 128 valence electrons. The molecule has 0 N–H and O–H groups in total. The summed E-state index contributed by atoms with van der Waals surface area (Å²) in [6, 6.07) is 10.2. The first kappa shape index (κ1) is 17.4. The molecule has 0 saturated carbocycles. The fraction of sp³-hybridized carbons (Fsp3) is 0.421. The van der Waals surface area contributed by atoms with Gasteiger partial charge >= 0.3 is 0 Å². The molecular formula is C19H23BrN2O2. The molecule has 1 unspecified atom stereocenters. The molecule has 1 aromatic rings. The van der Waals surface area contributed by atoms with Crippen molar-refractivity contribution in [3.05, 3.63) is 58.2 Å². The zero-order valence-corrected chi connectivity index (χ0v) is 15.8. The van der Waals surface area contributed by atoms with Crippen LogP contribution in [0.2, 0.25) is 0 Å². The molecular weight excluding hydrogens is 368 g/mol. The van der Waals surface area contributed by atoms with Gasteiger partial charge < -0.3 is 9.64 Å². The number of hydrogen-bond acceptors (Lipinski definition) is 4. The Balaban J connectivity index is 2.03. The van der Waals surface area contributed by atoms with E-state index in [0.29, 0.717) is 6.42 Å². The van der Waals surface area contributed by atoms with Crippen LogP contribution in [0, 0.1) is 0 Å². The number of ketones is 1. The van der Waals surface area contributed by atoms with E-state index in [0.717, 1.165) is 42.0 Å². The quantitative estimate of drug-likeness (QED) is 0.790. The third-order valence-electron chi connectivity index (χ3n) is 4.81. The molecule has 5 heteroatoms. The summed E-state index contributed by atoms with van der Waals surface area (Å²) >= 11 is 3.80. The van der Waals surface area contributed by atoms with Gasteiger partial charge in [-0.1, -0.05) is 46.3 Å². The van der Waals surface area contributed by atoms with Gasteiger partial charge in [-0.3, -0.25) is 9.69 Å². The van der Waals surface area contributed by atoms with Crippen LogP contribution in [0.3, 0.4) is 0 Å². The number of allylic oxidation sites excluding steroid dienone is 1. The van der Waals surface area contributed by atoms with E-state index in [9.17, 15) is 4.79 Å². The summed E-state index contributed by atoms with van der Waals surface area (Å²) in [5, 5.41) is 0. The highest BCUT2D eigenvalue weighted by Crippen LogP contribution is 2.39. The number of nitrogens with zero attached hydrogens (tertiary/aromatic N) is 2. The minimum atomic E-state index is -0.705. The molecule has 0 spiro atoms. The third kappa shape index (κ3) is 3.08. The second-order valence-corrected chi connectivity index (χ2v) is 7.21. The molecule has 1 saturated heterocycles. The Morgan fingerprint density at radius 1 is 1.17 bits per heavy atom. The van der Waals surface area contributed by atoms with E-state index < -0.39 is 5.54 Å². The largest absolute Gasteiger partial charge is 0.378 e. The highest BCUT2D eigenvalue weighted by molar-refractivity contribution is 9.11. The maximum atomic E-state index is 13.0. The molecule has 4 nitrogen and oxygen atoms in total. The van der Waals surface area contributed by atoms with Crippen LogP contribution in [-0.4, -0.2) is 61.5 Å². The molecule has 0 bridgehead atoms. The number of rotatable bonds is 4. The Bertz CT molecular complexity index is 663. The van der Waals surface area contributed by atoms with Crippen molar-refractivity contribution < 1.29 is 9.53 Å². The van der Waals surface area contributed by atoms with Gasteiger partial charge in [0.2, 0.25) is 0 Å². The number of ether oxygens (including phenoxy) is 1. The minimum Gasteiger partial charge on any atom is -0.378 e. The van der Waals surface area contributed by atoms with Gasteiger partial charge in [0.05, 0.1) is 13.2 Å². The first-order chi connectivity index (χ1) is 11.6. The maximum absolute atomic E-state index is 13.0. The summed E-state index contributed by atoms with van der Waals surface area (Å²) in [6.45, 7) is 3.13. The van der Waals surface area contributed by atoms with Crippen LogP contribution < -0.4 is 0 Å². The molecule has 1 aliphatic heterocycles. The highest BCUT2D eigenvalue weighted by atomic mass is 79.9. The number of carbonyl (C=O) groups is 1. The van der Waals surface area contributed by atoms with Crippen LogP contribution in [-0.2, 0) is 16.0 Å². The lowest BCUT2D eigenvalue weighted by Crippen LogP contribution is -2.55. The van der Waals surface area contributed by atoms with Crippen LogP contribution in [0.1, 0.15) is 5.56 Å². The molecule has 1 aromatic carbocycles. The average molecular weight is 391 g/mol. The van der Waals surface area contributed by atoms with Gasteiger partial charge in [-0.05, 0) is 31.8 Å². The Kier molecular flexibility index (Phi) is 5.23. The molecule has 1 atom stereocenters. The van der Waals surface area contributed by atoms with Crippen molar-refractivity contribution in [2.24, 2.45) is 0 Å². The molecule has 1 aliphatic carbocycles. The Hall–Kier alpha value is -1.43. The lowest BCUT2D eigenvalue weighted by atomic mass is 9.81. The van der Waals surface area contributed by atoms with E-state index in [1.165, 1.54) is 0 Å². The molecule has 1 heterocycles. The van der Waals surface area contributed by atoms with Crippen LogP contribution in [0.15, 0.2) is 52.7 Å². The van der Waals surface area contributed by atoms with Crippen molar-refractivity contribution in [3.63, 3.8) is 0 Å². The number of benzene rings is 1. The van der Waals surface area contributed by atoms with E-state index in [1.54, 1.807) is 6.08 Å². The molecule has 2 aliphatic rings. The van der Waals surface area contributed by atoms with E-state index >= 15 is 0 Å². The van der Waals surface area contributed by atoms with E-state index in [4.69, 9.17) is 4.74 Å². The first-order valence-corrected chi connectivity index (χ1v) is 9.02. The smallest absolute Gasteiger partial charge is 0.181 e. The average Bonchev–Trinajstić information content (AvgIpc) is 2.60. The van der Waals surface area contributed by atoms with Crippen molar-refractivity contribution >= 4 is 21.7 Å². The first-order valence-electron chi connectivity index (χ1n) is 8.22. The topological polar surface area (TPSA) is 32.8 Å². The molecule has 0 amide bonds. The van der Waals surface area contributed by atoms with E-state index in [2.05, 4.69) is 33.0 Å². The van der Waals surface area contributed by atoms with Crippen molar-refractivity contribution in [3.8, 4) is 0 Å². The zero-order chi connectivity index (χ0) is 17.2. The fourth-order valence-electron chi connectivity index (χ4n) is 3.36. The predicted molar refractivity (Wildman–Crippen MR) is 99.1 cm³/mol. The lowest BCUT2D eigenvalue weighted by molar-refractivity contribution is -0.122. The van der Waals surface area contributed by atoms with Crippen LogP contribution in [0.25, 0.3) is 0 Å². The third-order valence-corrected chi connectivity index (χ3v) is 5.87. The SMILES string of the molecule is CN(C)C1(Cc2ccccc2)C(=O)C=CC(N2CCOCC2)=C1Br. The van der Waals surface area contributed by atoms with Gasteiger partial charge in [0, 0.05) is 29.7 Å². The van der Waals surface area contributed by atoms with Crippen molar-refractivity contribution in [2.75, 3.05) is 40.4 Å². The summed E-state index contributed by atoms with van der Waals surface area (Å²) in [4.78, 5) is 17.3. The molecule has 3 rings (SSSR count). The van der Waals surface area contributed by atoms with Gasteiger partial charge in [-0.15, -0.1) is 0 Å². The van der Waals surface area contributed by atoms with Gasteiger partial charge in [-0.2, -0.15) is 0 Å². The van der Waals surface area contributed by atoms with Gasteiger partial charge in [0.15, 0.2) is 5.78 Å². The van der Waals surface area contributed by atoms with Gasteiger partial charge in [-0.25, -0.2) is 0 Å². The summed E-state index contributed by atoms with van der Waals surface area (Å²) in [7, 11) is 3.94. The molecule has 0 radical (unpaired) electrons. The summed E-state index contributed by atoms with van der Waals surface area (Å²) in [5.74, 6) is 0.111. The summed E-state index contributed by atoms with van der Waals surface area (Å²) in [6.07, 6.45) is 4.29. The normalized spacial score (nSPS) is 24.8. The van der Waals surface area contributed by atoms with E-state index in [-0.39, 0.29) is 5.78 Å². The Morgan fingerprint density at radius 2 is 1.83 bits per heavy atom. The summed E-state index contributed by atoms with van der Waals surface area (Å²) in [5.41, 5.74) is 1.53. The molecule has 1 fully saturated rings. The number of morpholine rings is 1. The number of carbonyl (C=O) groups excluding carboxylic acids is 1. The monoisotopic (exact) mass is 390 g/mol. The second-order valence-electron chi connectivity index (χ2n) is 6.41. The second kappa shape index (κ2) is 7.21. The zero-order valence-electron chi connectivity index (χ0n) is 14.2. The van der Waals surface area contributed by atoms with Crippen LogP contribution in [0.5, 0.6) is 0 Å². The highest BCUT2D eigenvalue weighted by Gasteiger charge is 2.45. The standard InChI is InChI=1S/C19H23BrN2O2/c1-21(2)19(14-15-6-4-3-5-7-15)17(23)9-8-16(18(19)20)22-10-12-24-13-11-22/h3-9H,10-14H2,1-2H3. The predicted octanol–water partition coefficient (Wildman–Crippen LogP) is 2.61. The van der Waals surface area contributed by atoms with Crippen molar-refractivity contribution in [2.45, 2.75) is 12.0 Å². The van der Waals surface area contributed by atoms with Crippen molar-refractivity contribution in [1.82, 2.24) is 9.80 Å². The summed E-state index contributed by atoms with van der Waals surface area (Å²) < 4.78 is 6.40. The fourth-order valence-corrected chi connectivity index (χ4v) is 4.44. The Morgan fingerprint density at radius 3 is 2.46 bits per heavy atom. The Labute approximate surface area is 151 Å². The molecule has 24 heavy (non-hydrogen) atoms. The van der Waals surface area contributed by atoms with Crippen LogP contribution in [0.4, 0.5) is 0 Å². The number of hydrogen-bond donors (Lipinski definition) is 0.